The Labute approximate surface area is 191 Å². The van der Waals surface area contributed by atoms with Gasteiger partial charge in [-0.2, -0.15) is 0 Å². The van der Waals surface area contributed by atoms with Gasteiger partial charge in [-0.3, -0.25) is 4.99 Å². The van der Waals surface area contributed by atoms with E-state index in [9.17, 15) is 0 Å². The normalized spacial score (nSPS) is 18.1. The molecule has 8 heteroatoms. The molecule has 0 amide bonds. The molecule has 0 unspecified atom stereocenters. The summed E-state index contributed by atoms with van der Waals surface area (Å²) in [6, 6.07) is 12.6. The first-order valence-electron chi connectivity index (χ1n) is 11.4. The summed E-state index contributed by atoms with van der Waals surface area (Å²) in [4.78, 5) is 18.6. The minimum atomic E-state index is 0.742. The molecule has 32 heavy (non-hydrogen) atoms. The number of nitrogens with zero attached hydrogens (tertiary/aromatic N) is 6. The zero-order valence-corrected chi connectivity index (χ0v) is 19.5. The van der Waals surface area contributed by atoms with Gasteiger partial charge in [0.05, 0.1) is 7.11 Å². The van der Waals surface area contributed by atoms with Gasteiger partial charge in [-0.05, 0) is 36.9 Å². The zero-order chi connectivity index (χ0) is 22.3. The number of likely N-dealkylation sites (N-methyl/N-ethyl adjacent to an activating group) is 1. The average molecular weight is 438 g/mol. The van der Waals surface area contributed by atoms with Crippen molar-refractivity contribution in [1.82, 2.24) is 20.1 Å². The highest BCUT2D eigenvalue weighted by atomic mass is 16.5. The first-order valence-corrected chi connectivity index (χ1v) is 11.4. The summed E-state index contributed by atoms with van der Waals surface area (Å²) in [6.07, 6.45) is 1.92. The Bertz CT molecular complexity index is 903. The van der Waals surface area contributed by atoms with Gasteiger partial charge in [0.2, 0.25) is 0 Å². The number of pyridine rings is 1. The van der Waals surface area contributed by atoms with Crippen LogP contribution in [0.15, 0.2) is 47.6 Å². The number of aromatic nitrogens is 1. The number of piperazine rings is 2. The lowest BCUT2D eigenvalue weighted by Crippen LogP contribution is -2.52. The van der Waals surface area contributed by atoms with E-state index < -0.39 is 0 Å². The van der Waals surface area contributed by atoms with E-state index in [-0.39, 0.29) is 0 Å². The van der Waals surface area contributed by atoms with Crippen molar-refractivity contribution in [2.75, 3.05) is 83.4 Å². The standard InChI is InChI=1S/C24H35N7O/c1-25-24(31-15-13-29(14-16-31)21-5-4-6-22(18-21)32-3)27-19-20-7-8-26-23(17-20)30-11-9-28(2)10-12-30/h4-8,17-18H,9-16,19H2,1-3H3,(H,25,27). The van der Waals surface area contributed by atoms with Crippen LogP contribution in [0.25, 0.3) is 0 Å². The highest BCUT2D eigenvalue weighted by Crippen LogP contribution is 2.22. The van der Waals surface area contributed by atoms with Crippen molar-refractivity contribution in [3.05, 3.63) is 48.2 Å². The van der Waals surface area contributed by atoms with Crippen LogP contribution >= 0.6 is 0 Å². The molecule has 0 saturated carbocycles. The lowest BCUT2D eigenvalue weighted by molar-refractivity contribution is 0.312. The number of anilines is 2. The first kappa shape index (κ1) is 22.2. The van der Waals surface area contributed by atoms with Crippen LogP contribution in [0, 0.1) is 0 Å². The number of guanidine groups is 1. The highest BCUT2D eigenvalue weighted by molar-refractivity contribution is 5.80. The number of benzene rings is 1. The fraction of sp³-hybridized carbons (Fsp3) is 0.500. The zero-order valence-electron chi connectivity index (χ0n) is 19.5. The Hall–Kier alpha value is -3.00. The Kier molecular flexibility index (Phi) is 7.32. The van der Waals surface area contributed by atoms with E-state index >= 15 is 0 Å². The lowest BCUT2D eigenvalue weighted by atomic mass is 10.2. The van der Waals surface area contributed by atoms with Crippen molar-refractivity contribution in [3.63, 3.8) is 0 Å². The van der Waals surface area contributed by atoms with Crippen molar-refractivity contribution in [2.45, 2.75) is 6.54 Å². The summed E-state index contributed by atoms with van der Waals surface area (Å²) in [7, 11) is 5.75. The smallest absolute Gasteiger partial charge is 0.194 e. The molecular formula is C24H35N7O. The van der Waals surface area contributed by atoms with Gasteiger partial charge >= 0.3 is 0 Å². The molecule has 3 heterocycles. The van der Waals surface area contributed by atoms with E-state index in [4.69, 9.17) is 4.74 Å². The Balaban J connectivity index is 1.30. The molecule has 0 radical (unpaired) electrons. The monoisotopic (exact) mass is 437 g/mol. The quantitative estimate of drug-likeness (QED) is 0.565. The number of hydrogen-bond donors (Lipinski definition) is 1. The third kappa shape index (κ3) is 5.43. The Morgan fingerprint density at radius 3 is 2.47 bits per heavy atom. The molecule has 2 aliphatic rings. The molecule has 1 N–H and O–H groups in total. The number of rotatable bonds is 5. The van der Waals surface area contributed by atoms with Gasteiger partial charge in [-0.1, -0.05) is 6.07 Å². The van der Waals surface area contributed by atoms with Gasteiger partial charge in [0.1, 0.15) is 11.6 Å². The predicted molar refractivity (Wildman–Crippen MR) is 131 cm³/mol. The number of nitrogens with one attached hydrogen (secondary N) is 1. The summed E-state index contributed by atoms with van der Waals surface area (Å²) < 4.78 is 5.37. The van der Waals surface area contributed by atoms with Gasteiger partial charge in [-0.25, -0.2) is 4.98 Å². The van der Waals surface area contributed by atoms with Crippen LogP contribution in [0.1, 0.15) is 5.56 Å². The number of hydrogen-bond acceptors (Lipinski definition) is 6. The summed E-state index contributed by atoms with van der Waals surface area (Å²) in [6.45, 7) is 8.73. The second-order valence-electron chi connectivity index (χ2n) is 8.39. The van der Waals surface area contributed by atoms with Crippen LogP contribution in [0.3, 0.4) is 0 Å². The third-order valence-corrected chi connectivity index (χ3v) is 6.30. The third-order valence-electron chi connectivity index (χ3n) is 6.30. The largest absolute Gasteiger partial charge is 0.497 e. The maximum Gasteiger partial charge on any atom is 0.194 e. The average Bonchev–Trinajstić information content (AvgIpc) is 2.85. The highest BCUT2D eigenvalue weighted by Gasteiger charge is 2.20. The summed E-state index contributed by atoms with van der Waals surface area (Å²) in [5.41, 5.74) is 2.44. The summed E-state index contributed by atoms with van der Waals surface area (Å²) in [5.74, 6) is 2.92. The first-order chi connectivity index (χ1) is 15.7. The van der Waals surface area contributed by atoms with Gasteiger partial charge in [-0.15, -0.1) is 0 Å². The van der Waals surface area contributed by atoms with Crippen molar-refractivity contribution >= 4 is 17.5 Å². The van der Waals surface area contributed by atoms with Gasteiger partial charge < -0.3 is 29.7 Å². The molecule has 4 rings (SSSR count). The molecule has 2 aliphatic heterocycles. The topological polar surface area (TPSA) is 59.5 Å². The SMILES string of the molecule is CN=C(NCc1ccnc(N2CCN(C)CC2)c1)N1CCN(c2cccc(OC)c2)CC1. The second-order valence-corrected chi connectivity index (χ2v) is 8.39. The molecule has 1 aromatic carbocycles. The second kappa shape index (κ2) is 10.5. The van der Waals surface area contributed by atoms with Gasteiger partial charge in [0.15, 0.2) is 5.96 Å². The Morgan fingerprint density at radius 2 is 1.75 bits per heavy atom. The predicted octanol–water partition coefficient (Wildman–Crippen LogP) is 1.74. The van der Waals surface area contributed by atoms with E-state index in [1.54, 1.807) is 7.11 Å². The maximum atomic E-state index is 5.37. The molecule has 0 atom stereocenters. The maximum absolute atomic E-state index is 5.37. The number of methoxy groups -OCH3 is 1. The minimum Gasteiger partial charge on any atom is -0.497 e. The van der Waals surface area contributed by atoms with E-state index in [0.29, 0.717) is 0 Å². The molecule has 172 valence electrons. The van der Waals surface area contributed by atoms with Crippen LogP contribution < -0.4 is 19.9 Å². The van der Waals surface area contributed by atoms with Crippen molar-refractivity contribution in [1.29, 1.82) is 0 Å². The van der Waals surface area contributed by atoms with Crippen LogP contribution in [0.4, 0.5) is 11.5 Å². The molecule has 8 nitrogen and oxygen atoms in total. The summed E-state index contributed by atoms with van der Waals surface area (Å²) in [5, 5.41) is 3.55. The lowest BCUT2D eigenvalue weighted by Gasteiger charge is -2.37. The molecule has 2 aromatic rings. The fourth-order valence-corrected chi connectivity index (χ4v) is 4.28. The number of aliphatic imine (C=N–C) groups is 1. The molecule has 2 saturated heterocycles. The molecule has 0 spiro atoms. The van der Waals surface area contributed by atoms with Crippen LogP contribution in [0.2, 0.25) is 0 Å². The molecule has 0 aliphatic carbocycles. The van der Waals surface area contributed by atoms with E-state index in [1.807, 2.05) is 25.4 Å². The van der Waals surface area contributed by atoms with Crippen LogP contribution in [-0.2, 0) is 6.54 Å². The number of ether oxygens (including phenoxy) is 1. The van der Waals surface area contributed by atoms with E-state index in [1.165, 1.54) is 11.3 Å². The van der Waals surface area contributed by atoms with E-state index in [2.05, 4.69) is 66.2 Å². The minimum absolute atomic E-state index is 0.742. The van der Waals surface area contributed by atoms with E-state index in [0.717, 1.165) is 76.4 Å². The van der Waals surface area contributed by atoms with Crippen molar-refractivity contribution in [3.8, 4) is 5.75 Å². The van der Waals surface area contributed by atoms with Crippen LogP contribution in [0.5, 0.6) is 5.75 Å². The Morgan fingerprint density at radius 1 is 1.00 bits per heavy atom. The fourth-order valence-electron chi connectivity index (χ4n) is 4.28. The van der Waals surface area contributed by atoms with Gasteiger partial charge in [0.25, 0.3) is 0 Å². The van der Waals surface area contributed by atoms with Crippen molar-refractivity contribution in [2.24, 2.45) is 4.99 Å². The molecule has 0 bridgehead atoms. The summed E-state index contributed by atoms with van der Waals surface area (Å²) >= 11 is 0. The molecular weight excluding hydrogens is 402 g/mol. The van der Waals surface area contributed by atoms with Crippen molar-refractivity contribution < 1.29 is 4.74 Å². The van der Waals surface area contributed by atoms with Crippen LogP contribution in [-0.4, -0.2) is 94.3 Å². The van der Waals surface area contributed by atoms with Gasteiger partial charge in [0, 0.05) is 83.9 Å². The molecule has 2 fully saturated rings. The molecule has 1 aromatic heterocycles.